The van der Waals surface area contributed by atoms with Crippen LogP contribution in [-0.4, -0.2) is 34.8 Å². The molecule has 20 heavy (non-hydrogen) atoms. The number of methoxy groups -OCH3 is 1. The van der Waals surface area contributed by atoms with Crippen molar-refractivity contribution in [3.05, 3.63) is 29.6 Å². The van der Waals surface area contributed by atoms with Gasteiger partial charge in [-0.15, -0.1) is 0 Å². The molecule has 1 saturated heterocycles. The average Bonchev–Trinajstić information content (AvgIpc) is 2.71. The van der Waals surface area contributed by atoms with Gasteiger partial charge in [-0.25, -0.2) is 4.39 Å². The quantitative estimate of drug-likeness (QED) is 0.855. The molecule has 0 bridgehead atoms. The Morgan fingerprint density at radius 1 is 1.55 bits per heavy atom. The fourth-order valence-electron chi connectivity index (χ4n) is 2.24. The van der Waals surface area contributed by atoms with Crippen LogP contribution in [0.2, 0.25) is 0 Å². The lowest BCUT2D eigenvalue weighted by molar-refractivity contribution is -0.128. The fraction of sp³-hybridized carbons (Fsp3) is 0.429. The van der Waals surface area contributed by atoms with E-state index in [1.807, 2.05) is 0 Å². The second-order valence-corrected chi connectivity index (χ2v) is 6.12. The normalized spacial score (nSPS) is 18.4. The number of amides is 1. The minimum atomic E-state index is -0.439. The van der Waals surface area contributed by atoms with Crippen molar-refractivity contribution in [2.45, 2.75) is 25.1 Å². The molecule has 1 aromatic carbocycles. The first-order valence-corrected chi connectivity index (χ1v) is 7.15. The summed E-state index contributed by atoms with van der Waals surface area (Å²) in [6.45, 7) is 2.16. The van der Waals surface area contributed by atoms with E-state index in [4.69, 9.17) is 4.74 Å². The summed E-state index contributed by atoms with van der Waals surface area (Å²) in [6.07, 6.45) is 0.329. The van der Waals surface area contributed by atoms with Gasteiger partial charge in [0.2, 0.25) is 5.91 Å². The summed E-state index contributed by atoms with van der Waals surface area (Å²) in [5.41, 5.74) is 0.422. The summed E-state index contributed by atoms with van der Waals surface area (Å²) in [6, 6.07) is 4.87. The van der Waals surface area contributed by atoms with Crippen molar-refractivity contribution in [2.24, 2.45) is 0 Å². The highest BCUT2D eigenvalue weighted by atomic mass is 32.2. The molecule has 108 valence electrons. The molecule has 0 radical (unpaired) electrons. The Balaban J connectivity index is 2.07. The Hall–Kier alpha value is -1.56. The first-order chi connectivity index (χ1) is 9.51. The maximum atomic E-state index is 14.0. The monoisotopic (exact) mass is 297 g/mol. The van der Waals surface area contributed by atoms with Crippen LogP contribution in [0, 0.1) is 5.82 Å². The molecule has 1 aliphatic rings. The number of carbonyl (C=O) groups is 2. The lowest BCUT2D eigenvalue weighted by atomic mass is 10.2. The lowest BCUT2D eigenvalue weighted by Crippen LogP contribution is -2.25. The second-order valence-electron chi connectivity index (χ2n) is 4.64. The van der Waals surface area contributed by atoms with Gasteiger partial charge in [0.05, 0.1) is 7.11 Å². The Kier molecular flexibility index (Phi) is 4.65. The van der Waals surface area contributed by atoms with Crippen molar-refractivity contribution >= 4 is 22.8 Å². The van der Waals surface area contributed by atoms with E-state index >= 15 is 0 Å². The van der Waals surface area contributed by atoms with Crippen LogP contribution in [0.4, 0.5) is 4.39 Å². The van der Waals surface area contributed by atoms with Crippen LogP contribution in [-0.2, 0) is 16.1 Å². The second kappa shape index (κ2) is 6.26. The Morgan fingerprint density at radius 2 is 2.30 bits per heavy atom. The molecule has 6 heteroatoms. The molecule has 0 N–H and O–H groups in total. The SMILES string of the molecule is COc1cccc(CN2CC(SC(C)=O)CC2=O)c1F. The van der Waals surface area contributed by atoms with E-state index in [9.17, 15) is 14.0 Å². The van der Waals surface area contributed by atoms with Crippen LogP contribution < -0.4 is 4.74 Å². The maximum Gasteiger partial charge on any atom is 0.224 e. The number of ether oxygens (including phenoxy) is 1. The molecule has 4 nitrogen and oxygen atoms in total. The van der Waals surface area contributed by atoms with E-state index in [1.54, 1.807) is 23.1 Å². The van der Waals surface area contributed by atoms with E-state index in [1.165, 1.54) is 25.8 Å². The van der Waals surface area contributed by atoms with Gasteiger partial charge in [0.25, 0.3) is 0 Å². The largest absolute Gasteiger partial charge is 0.494 e. The van der Waals surface area contributed by atoms with Crippen molar-refractivity contribution in [1.82, 2.24) is 4.90 Å². The third-order valence-corrected chi connectivity index (χ3v) is 4.12. The number of carbonyl (C=O) groups excluding carboxylic acids is 2. The van der Waals surface area contributed by atoms with E-state index in [2.05, 4.69) is 0 Å². The van der Waals surface area contributed by atoms with Crippen LogP contribution in [0.3, 0.4) is 0 Å². The van der Waals surface area contributed by atoms with Crippen LogP contribution >= 0.6 is 11.8 Å². The summed E-state index contributed by atoms with van der Waals surface area (Å²) >= 11 is 1.17. The molecule has 2 rings (SSSR count). The molecular formula is C14H16FNO3S. The summed E-state index contributed by atoms with van der Waals surface area (Å²) in [5.74, 6) is -0.319. The number of likely N-dealkylation sites (tertiary alicyclic amines) is 1. The molecule has 1 atom stereocenters. The number of hydrogen-bond donors (Lipinski definition) is 0. The zero-order valence-corrected chi connectivity index (χ0v) is 12.2. The number of benzene rings is 1. The summed E-state index contributed by atoms with van der Waals surface area (Å²) in [5, 5.41) is -0.0362. The molecular weight excluding hydrogens is 281 g/mol. The standard InChI is InChI=1S/C14H16FNO3S/c1-9(17)20-11-6-13(18)16(8-11)7-10-4-3-5-12(19-2)14(10)15/h3-5,11H,6-8H2,1-2H3. The molecule has 0 spiro atoms. The zero-order valence-electron chi connectivity index (χ0n) is 11.4. The van der Waals surface area contributed by atoms with Crippen molar-refractivity contribution < 1.29 is 18.7 Å². The first-order valence-electron chi connectivity index (χ1n) is 6.27. The highest BCUT2D eigenvalue weighted by molar-refractivity contribution is 8.14. The van der Waals surface area contributed by atoms with Gasteiger partial charge in [0, 0.05) is 37.2 Å². The van der Waals surface area contributed by atoms with E-state index in [0.29, 0.717) is 18.5 Å². The van der Waals surface area contributed by atoms with E-state index in [-0.39, 0.29) is 28.6 Å². The van der Waals surface area contributed by atoms with Crippen molar-refractivity contribution in [3.63, 3.8) is 0 Å². The Bertz CT molecular complexity index is 535. The summed E-state index contributed by atoms with van der Waals surface area (Å²) in [7, 11) is 1.41. The molecule has 1 aromatic rings. The fourth-order valence-corrected chi connectivity index (χ4v) is 3.19. The maximum absolute atomic E-state index is 14.0. The zero-order chi connectivity index (χ0) is 14.7. The number of halogens is 1. The minimum Gasteiger partial charge on any atom is -0.494 e. The molecule has 1 heterocycles. The van der Waals surface area contributed by atoms with Gasteiger partial charge in [0.15, 0.2) is 16.7 Å². The van der Waals surface area contributed by atoms with Gasteiger partial charge in [-0.3, -0.25) is 9.59 Å². The molecule has 0 aromatic heterocycles. The molecule has 1 amide bonds. The van der Waals surface area contributed by atoms with Crippen LogP contribution in [0.1, 0.15) is 18.9 Å². The molecule has 0 saturated carbocycles. The number of hydrogen-bond acceptors (Lipinski definition) is 4. The van der Waals surface area contributed by atoms with Crippen LogP contribution in [0.25, 0.3) is 0 Å². The van der Waals surface area contributed by atoms with Gasteiger partial charge in [-0.05, 0) is 6.07 Å². The first kappa shape index (κ1) is 14.8. The van der Waals surface area contributed by atoms with Gasteiger partial charge >= 0.3 is 0 Å². The summed E-state index contributed by atoms with van der Waals surface area (Å²) < 4.78 is 19.0. The smallest absolute Gasteiger partial charge is 0.224 e. The Labute approximate surface area is 121 Å². The minimum absolute atomic E-state index is 0.00258. The molecule has 1 aliphatic heterocycles. The van der Waals surface area contributed by atoms with Gasteiger partial charge in [0.1, 0.15) is 0 Å². The third kappa shape index (κ3) is 3.30. The van der Waals surface area contributed by atoms with E-state index in [0.717, 1.165) is 0 Å². The number of rotatable bonds is 4. The number of nitrogens with zero attached hydrogens (tertiary/aromatic N) is 1. The van der Waals surface area contributed by atoms with Crippen molar-refractivity contribution in [3.8, 4) is 5.75 Å². The topological polar surface area (TPSA) is 46.6 Å². The predicted molar refractivity (Wildman–Crippen MR) is 75.0 cm³/mol. The van der Waals surface area contributed by atoms with Gasteiger partial charge in [-0.2, -0.15) is 0 Å². The van der Waals surface area contributed by atoms with Gasteiger partial charge < -0.3 is 9.64 Å². The molecule has 1 unspecified atom stereocenters. The van der Waals surface area contributed by atoms with E-state index < -0.39 is 5.82 Å². The van der Waals surface area contributed by atoms with Crippen molar-refractivity contribution in [2.75, 3.05) is 13.7 Å². The predicted octanol–water partition coefficient (Wildman–Crippen LogP) is 2.21. The van der Waals surface area contributed by atoms with Crippen LogP contribution in [0.15, 0.2) is 18.2 Å². The van der Waals surface area contributed by atoms with Crippen molar-refractivity contribution in [1.29, 1.82) is 0 Å². The number of thioether (sulfide) groups is 1. The lowest BCUT2D eigenvalue weighted by Gasteiger charge is -2.17. The Morgan fingerprint density at radius 3 is 2.95 bits per heavy atom. The third-order valence-electron chi connectivity index (χ3n) is 3.14. The highest BCUT2D eigenvalue weighted by Crippen LogP contribution is 2.27. The summed E-state index contributed by atoms with van der Waals surface area (Å²) in [4.78, 5) is 24.5. The van der Waals surface area contributed by atoms with Crippen LogP contribution in [0.5, 0.6) is 5.75 Å². The van der Waals surface area contributed by atoms with Gasteiger partial charge in [-0.1, -0.05) is 23.9 Å². The highest BCUT2D eigenvalue weighted by Gasteiger charge is 2.31. The average molecular weight is 297 g/mol. The molecule has 1 fully saturated rings. The molecule has 0 aliphatic carbocycles.